The van der Waals surface area contributed by atoms with Crippen molar-refractivity contribution in [2.75, 3.05) is 38.5 Å². The Labute approximate surface area is 205 Å². The van der Waals surface area contributed by atoms with Crippen LogP contribution in [0.1, 0.15) is 26.2 Å². The maximum absolute atomic E-state index is 13.7. The number of carbonyl (C=O) groups is 1. The van der Waals surface area contributed by atoms with E-state index in [1.54, 1.807) is 7.05 Å². The van der Waals surface area contributed by atoms with Crippen LogP contribution < -0.4 is 9.64 Å². The van der Waals surface area contributed by atoms with Crippen LogP contribution in [0, 0.1) is 0 Å². The Kier molecular flexibility index (Phi) is 8.86. The average Bonchev–Trinajstić information content (AvgIpc) is 2.91. The summed E-state index contributed by atoms with van der Waals surface area (Å²) >= 11 is 1.41. The minimum atomic E-state index is -3.83. The highest BCUT2D eigenvalue weighted by atomic mass is 32.2. The number of hydrogen-bond donors (Lipinski definition) is 1. The Morgan fingerprint density at radius 3 is 2.56 bits per heavy atom. The summed E-state index contributed by atoms with van der Waals surface area (Å²) in [6.45, 7) is 2.37. The molecule has 1 aliphatic rings. The van der Waals surface area contributed by atoms with Crippen LogP contribution in [0.2, 0.25) is 0 Å². The maximum Gasteiger partial charge on any atom is 0.336 e. The summed E-state index contributed by atoms with van der Waals surface area (Å²) in [7, 11) is -0.910. The van der Waals surface area contributed by atoms with Gasteiger partial charge in [-0.1, -0.05) is 38.0 Å². The van der Waals surface area contributed by atoms with Crippen molar-refractivity contribution in [3.8, 4) is 5.75 Å². The van der Waals surface area contributed by atoms with E-state index < -0.39 is 22.1 Å². The van der Waals surface area contributed by atoms with E-state index in [4.69, 9.17) is 9.47 Å². The van der Waals surface area contributed by atoms with Crippen LogP contribution in [0.4, 0.5) is 11.4 Å². The molecule has 34 heavy (non-hydrogen) atoms. The van der Waals surface area contributed by atoms with Crippen molar-refractivity contribution in [2.45, 2.75) is 48.1 Å². The Hall–Kier alpha value is -2.27. The molecule has 0 spiro atoms. The van der Waals surface area contributed by atoms with Crippen LogP contribution >= 0.6 is 11.8 Å². The second kappa shape index (κ2) is 11.4. The average molecular weight is 509 g/mol. The first kappa shape index (κ1) is 26.3. The Morgan fingerprint density at radius 2 is 1.97 bits per heavy atom. The van der Waals surface area contributed by atoms with Gasteiger partial charge < -0.3 is 19.5 Å². The molecular formula is C24H32N2O6S2. The van der Waals surface area contributed by atoms with Crippen LogP contribution in [-0.2, 0) is 19.6 Å². The number of carboxylic acids is 1. The molecule has 8 nitrogen and oxygen atoms in total. The fourth-order valence-corrected chi connectivity index (χ4v) is 6.08. The fourth-order valence-electron chi connectivity index (χ4n) is 3.97. The van der Waals surface area contributed by atoms with Gasteiger partial charge in [0.05, 0.1) is 10.6 Å². The van der Waals surface area contributed by atoms with E-state index in [2.05, 4.69) is 11.8 Å². The van der Waals surface area contributed by atoms with Gasteiger partial charge in [-0.05, 0) is 30.9 Å². The van der Waals surface area contributed by atoms with E-state index in [0.29, 0.717) is 22.9 Å². The third kappa shape index (κ3) is 5.51. The van der Waals surface area contributed by atoms with E-state index in [0.717, 1.165) is 24.9 Å². The van der Waals surface area contributed by atoms with E-state index >= 15 is 0 Å². The number of nitrogens with zero attached hydrogens (tertiary/aromatic N) is 2. The van der Waals surface area contributed by atoms with Crippen molar-refractivity contribution in [3.63, 3.8) is 0 Å². The van der Waals surface area contributed by atoms with Gasteiger partial charge in [-0.2, -0.15) is 4.31 Å². The van der Waals surface area contributed by atoms with Gasteiger partial charge >= 0.3 is 5.97 Å². The van der Waals surface area contributed by atoms with Gasteiger partial charge in [0, 0.05) is 38.5 Å². The molecule has 0 bridgehead atoms. The first-order chi connectivity index (χ1) is 16.2. The van der Waals surface area contributed by atoms with Gasteiger partial charge in [-0.3, -0.25) is 0 Å². The van der Waals surface area contributed by atoms with E-state index in [1.807, 2.05) is 42.7 Å². The van der Waals surface area contributed by atoms with Gasteiger partial charge in [0.1, 0.15) is 17.3 Å². The van der Waals surface area contributed by atoms with Crippen molar-refractivity contribution >= 4 is 39.1 Å². The topological polar surface area (TPSA) is 96.4 Å². The quantitative estimate of drug-likeness (QED) is 0.477. The van der Waals surface area contributed by atoms with Crippen molar-refractivity contribution in [1.29, 1.82) is 0 Å². The molecule has 2 atom stereocenters. The Morgan fingerprint density at radius 1 is 1.26 bits per heavy atom. The number of hydrogen-bond acceptors (Lipinski definition) is 7. The molecule has 1 aliphatic heterocycles. The molecule has 0 amide bonds. The molecule has 0 saturated heterocycles. The Balaban J connectivity index is 2.15. The highest BCUT2D eigenvalue weighted by molar-refractivity contribution is 7.98. The van der Waals surface area contributed by atoms with Crippen molar-refractivity contribution in [3.05, 3.63) is 42.5 Å². The van der Waals surface area contributed by atoms with Crippen molar-refractivity contribution < 1.29 is 27.8 Å². The number of likely N-dealkylation sites (N-methyl/N-ethyl adjacent to an activating group) is 1. The van der Waals surface area contributed by atoms with Gasteiger partial charge in [0.25, 0.3) is 0 Å². The summed E-state index contributed by atoms with van der Waals surface area (Å²) < 4.78 is 39.7. The van der Waals surface area contributed by atoms with Crippen LogP contribution in [0.15, 0.2) is 52.3 Å². The van der Waals surface area contributed by atoms with Crippen LogP contribution in [0.25, 0.3) is 0 Å². The minimum Gasteiger partial charge on any atom is -0.489 e. The molecule has 0 radical (unpaired) electrons. The molecule has 186 valence electrons. The smallest absolute Gasteiger partial charge is 0.336 e. The predicted octanol–water partition coefficient (Wildman–Crippen LogP) is 4.22. The number of rotatable bonds is 10. The first-order valence-electron chi connectivity index (χ1n) is 11.2. The molecule has 0 aliphatic carbocycles. The van der Waals surface area contributed by atoms with Crippen molar-refractivity contribution in [2.24, 2.45) is 0 Å². The third-order valence-corrected chi connectivity index (χ3v) is 8.71. The number of carboxylic acid groups (broad SMARTS) is 1. The number of para-hydroxylation sites is 1. The third-order valence-electron chi connectivity index (χ3n) is 6.01. The predicted molar refractivity (Wildman–Crippen MR) is 134 cm³/mol. The van der Waals surface area contributed by atoms with Crippen LogP contribution in [-0.4, -0.2) is 69.5 Å². The standard InChI is InChI=1S/C24H32N2O6S2/c1-5-6-10-18-15-26(17-11-8-7-9-12-17)19-13-22(33-4)20(32-16-21(31-3)24(27)28)14-23(19)34(29,30)25(18)2/h7-9,11-14,18,21H,5-6,10,15-16H2,1-4H3,(H,27,28). The number of methoxy groups -OCH3 is 1. The molecule has 10 heteroatoms. The second-order valence-corrected chi connectivity index (χ2v) is 10.9. The number of benzene rings is 2. The van der Waals surface area contributed by atoms with Gasteiger partial charge in [0.15, 0.2) is 6.10 Å². The molecule has 1 heterocycles. The number of thioether (sulfide) groups is 1. The zero-order chi connectivity index (χ0) is 24.9. The molecule has 2 unspecified atom stereocenters. The lowest BCUT2D eigenvalue weighted by atomic mass is 10.1. The second-order valence-electron chi connectivity index (χ2n) is 8.11. The van der Waals surface area contributed by atoms with Crippen molar-refractivity contribution in [1.82, 2.24) is 4.31 Å². The summed E-state index contributed by atoms with van der Waals surface area (Å²) in [5.74, 6) is -0.837. The van der Waals surface area contributed by atoms with Crippen LogP contribution in [0.3, 0.4) is 0 Å². The molecule has 1 N–H and O–H groups in total. The monoisotopic (exact) mass is 508 g/mol. The zero-order valence-electron chi connectivity index (χ0n) is 19.9. The van der Waals surface area contributed by atoms with E-state index in [1.165, 1.54) is 29.2 Å². The SMILES string of the molecule is CCCCC1CN(c2ccccc2)c2cc(SC)c(OCC(OC)C(=O)O)cc2S(=O)(=O)N1C. The number of aliphatic carboxylic acids is 1. The summed E-state index contributed by atoms with van der Waals surface area (Å²) in [4.78, 5) is 14.2. The Bertz CT molecular complexity index is 1090. The molecule has 3 rings (SSSR count). The summed E-state index contributed by atoms with van der Waals surface area (Å²) in [5, 5.41) is 9.27. The van der Waals surface area contributed by atoms with Gasteiger partial charge in [0.2, 0.25) is 10.0 Å². The normalized spacial score (nSPS) is 18.7. The number of unbranched alkanes of at least 4 members (excludes halogenated alkanes) is 1. The summed E-state index contributed by atoms with van der Waals surface area (Å²) in [6, 6.07) is 12.9. The number of fused-ring (bicyclic) bond motifs is 1. The van der Waals surface area contributed by atoms with E-state index in [9.17, 15) is 18.3 Å². The number of sulfonamides is 1. The molecular weight excluding hydrogens is 476 g/mol. The molecule has 0 saturated carbocycles. The van der Waals surface area contributed by atoms with E-state index in [-0.39, 0.29) is 17.5 Å². The first-order valence-corrected chi connectivity index (χ1v) is 13.8. The molecule has 0 fully saturated rings. The summed E-state index contributed by atoms with van der Waals surface area (Å²) in [6.07, 6.45) is 3.35. The van der Waals surface area contributed by atoms with Crippen LogP contribution in [0.5, 0.6) is 5.75 Å². The highest BCUT2D eigenvalue weighted by Gasteiger charge is 2.37. The largest absolute Gasteiger partial charge is 0.489 e. The minimum absolute atomic E-state index is 0.134. The molecule has 2 aromatic carbocycles. The summed E-state index contributed by atoms with van der Waals surface area (Å²) in [5.41, 5.74) is 1.48. The lowest BCUT2D eigenvalue weighted by Gasteiger charge is -2.29. The number of anilines is 2. The lowest BCUT2D eigenvalue weighted by molar-refractivity contribution is -0.150. The maximum atomic E-state index is 13.7. The number of ether oxygens (including phenoxy) is 2. The fraction of sp³-hybridized carbons (Fsp3) is 0.458. The zero-order valence-corrected chi connectivity index (χ0v) is 21.6. The van der Waals surface area contributed by atoms with Gasteiger partial charge in [-0.15, -0.1) is 11.8 Å². The highest BCUT2D eigenvalue weighted by Crippen LogP contribution is 2.43. The molecule has 2 aromatic rings. The van der Waals surface area contributed by atoms with Gasteiger partial charge in [-0.25, -0.2) is 13.2 Å². The molecule has 0 aromatic heterocycles. The lowest BCUT2D eigenvalue weighted by Crippen LogP contribution is -2.40.